The first-order valence-electron chi connectivity index (χ1n) is 9.07. The quantitative estimate of drug-likeness (QED) is 0.293. The summed E-state index contributed by atoms with van der Waals surface area (Å²) in [5, 5.41) is 8.39. The molecule has 0 amide bonds. The van der Waals surface area contributed by atoms with E-state index in [4.69, 9.17) is 14.7 Å². The lowest BCUT2D eigenvalue weighted by atomic mass is 9.97. The smallest absolute Gasteiger partial charge is 0.475 e. The maximum Gasteiger partial charge on any atom is 0.511 e. The Morgan fingerprint density at radius 1 is 1.19 bits per heavy atom. The third-order valence-electron chi connectivity index (χ3n) is 4.11. The molecule has 2 N–H and O–H groups in total. The van der Waals surface area contributed by atoms with E-state index < -0.39 is 42.2 Å². The highest BCUT2D eigenvalue weighted by molar-refractivity contribution is 9.10. The molecule has 0 spiro atoms. The van der Waals surface area contributed by atoms with Crippen molar-refractivity contribution in [2.24, 2.45) is 5.41 Å². The number of hydrogen-bond acceptors (Lipinski definition) is 9. The highest BCUT2D eigenvalue weighted by Crippen LogP contribution is 2.40. The summed E-state index contributed by atoms with van der Waals surface area (Å²) in [5.41, 5.74) is 0.694. The van der Waals surface area contributed by atoms with Crippen LogP contribution in [0.3, 0.4) is 0 Å². The van der Waals surface area contributed by atoms with Crippen molar-refractivity contribution in [1.82, 2.24) is 5.64 Å². The van der Waals surface area contributed by atoms with Crippen LogP contribution < -0.4 is 10.4 Å². The number of benzene rings is 1. The molecule has 0 bridgehead atoms. The summed E-state index contributed by atoms with van der Waals surface area (Å²) in [5.74, 6) is -1.37. The fraction of sp³-hybridized carbons (Fsp3) is 0.474. The van der Waals surface area contributed by atoms with E-state index in [2.05, 4.69) is 30.2 Å². The van der Waals surface area contributed by atoms with Gasteiger partial charge in [-0.1, -0.05) is 35.4 Å². The maximum absolute atomic E-state index is 13.5. The molecular formula is C19H21BrF3NO8. The lowest BCUT2D eigenvalue weighted by molar-refractivity contribution is -0.189. The van der Waals surface area contributed by atoms with Crippen molar-refractivity contribution in [3.63, 3.8) is 0 Å². The van der Waals surface area contributed by atoms with E-state index in [0.29, 0.717) is 10.0 Å². The van der Waals surface area contributed by atoms with Crippen molar-refractivity contribution < 1.29 is 51.8 Å². The van der Waals surface area contributed by atoms with Gasteiger partial charge in [0, 0.05) is 15.5 Å². The third-order valence-corrected chi connectivity index (χ3v) is 4.56. The van der Waals surface area contributed by atoms with Crippen molar-refractivity contribution in [3.8, 4) is 5.75 Å². The molecule has 32 heavy (non-hydrogen) atoms. The average molecular weight is 528 g/mol. The van der Waals surface area contributed by atoms with Gasteiger partial charge in [0.05, 0.1) is 12.2 Å². The van der Waals surface area contributed by atoms with Gasteiger partial charge in [0.25, 0.3) is 0 Å². The Morgan fingerprint density at radius 2 is 1.88 bits per heavy atom. The first kappa shape index (κ1) is 25.9. The fourth-order valence-corrected chi connectivity index (χ4v) is 3.23. The molecule has 0 aromatic heterocycles. The molecule has 178 valence electrons. The van der Waals surface area contributed by atoms with Crippen molar-refractivity contribution >= 4 is 34.1 Å². The number of alkyl halides is 3. The summed E-state index contributed by atoms with van der Waals surface area (Å²) in [4.78, 5) is 28.5. The van der Waals surface area contributed by atoms with Crippen LogP contribution in [0.1, 0.15) is 25.0 Å². The molecule has 1 atom stereocenters. The maximum atomic E-state index is 13.5. The summed E-state index contributed by atoms with van der Waals surface area (Å²) in [7, 11) is 0. The summed E-state index contributed by atoms with van der Waals surface area (Å²) >= 11 is 3.23. The molecule has 1 aromatic carbocycles. The monoisotopic (exact) mass is 527 g/mol. The molecule has 2 rings (SSSR count). The van der Waals surface area contributed by atoms with Crippen LogP contribution in [0.5, 0.6) is 5.75 Å². The number of ether oxygens (including phenoxy) is 4. The van der Waals surface area contributed by atoms with Gasteiger partial charge < -0.3 is 18.9 Å². The lowest BCUT2D eigenvalue weighted by Gasteiger charge is -2.29. The molecule has 13 heteroatoms. The van der Waals surface area contributed by atoms with Crippen LogP contribution in [0, 0.1) is 12.3 Å². The second-order valence-corrected chi connectivity index (χ2v) is 8.47. The van der Waals surface area contributed by atoms with Crippen LogP contribution >= 0.6 is 15.9 Å². The molecule has 0 fully saturated rings. The Morgan fingerprint density at radius 3 is 2.50 bits per heavy atom. The molecule has 0 saturated carbocycles. The van der Waals surface area contributed by atoms with E-state index in [-0.39, 0.29) is 24.5 Å². The van der Waals surface area contributed by atoms with Gasteiger partial charge >= 0.3 is 18.3 Å². The molecule has 0 radical (unpaired) electrons. The zero-order valence-electron chi connectivity index (χ0n) is 17.2. The predicted molar refractivity (Wildman–Crippen MR) is 105 cm³/mol. The number of rotatable bonds is 8. The SMILES string of the molecule is Cc1cc(Br)cc2c1OC(C(F)(F)F)C(C(=O)OCOC(=O)OCC(C)(C)CONO)=C2. The van der Waals surface area contributed by atoms with Crippen LogP contribution in [-0.2, 0) is 23.8 Å². The van der Waals surface area contributed by atoms with Crippen molar-refractivity contribution in [3.05, 3.63) is 33.3 Å². The third kappa shape index (κ3) is 7.08. The van der Waals surface area contributed by atoms with Gasteiger partial charge in [0.2, 0.25) is 12.9 Å². The van der Waals surface area contributed by atoms with Crippen LogP contribution in [0.2, 0.25) is 0 Å². The van der Waals surface area contributed by atoms with E-state index in [1.807, 2.05) is 0 Å². The second-order valence-electron chi connectivity index (χ2n) is 7.56. The summed E-state index contributed by atoms with van der Waals surface area (Å²) in [6.45, 7) is 3.71. The molecule has 1 aliphatic heterocycles. The van der Waals surface area contributed by atoms with Crippen LogP contribution in [0.15, 0.2) is 22.2 Å². The number of halogens is 4. The summed E-state index contributed by atoms with van der Waals surface area (Å²) in [6.07, 6.45) is -7.63. The normalized spacial score (nSPS) is 15.9. The van der Waals surface area contributed by atoms with Crippen molar-refractivity contribution in [1.29, 1.82) is 0 Å². The van der Waals surface area contributed by atoms with E-state index >= 15 is 0 Å². The van der Waals surface area contributed by atoms with Crippen molar-refractivity contribution in [2.45, 2.75) is 33.1 Å². The Bertz CT molecular complexity index is 888. The predicted octanol–water partition coefficient (Wildman–Crippen LogP) is 4.05. The number of carbonyl (C=O) groups excluding carboxylic acids is 2. The molecule has 1 aliphatic rings. The number of hydrogen-bond donors (Lipinski definition) is 2. The highest BCUT2D eigenvalue weighted by Gasteiger charge is 2.49. The van der Waals surface area contributed by atoms with Crippen LogP contribution in [-0.4, -0.2) is 49.6 Å². The van der Waals surface area contributed by atoms with Gasteiger partial charge in [-0.05, 0) is 30.7 Å². The zero-order chi connectivity index (χ0) is 24.1. The molecule has 1 unspecified atom stereocenters. The Hall–Kier alpha value is -2.35. The molecule has 0 aliphatic carbocycles. The zero-order valence-corrected chi connectivity index (χ0v) is 18.8. The Balaban J connectivity index is 2.01. The first-order valence-corrected chi connectivity index (χ1v) is 9.86. The standard InChI is InChI=1S/C19H21BrF3NO8/c1-10-4-12(20)5-11-6-13(15(19(21,22)23)32-14(10)11)16(25)29-9-30-17(26)28-7-18(2,3)8-31-24-27/h4-6,15,24,27H,7-9H2,1-3H3. The molecule has 0 saturated heterocycles. The Labute approximate surface area is 189 Å². The summed E-state index contributed by atoms with van der Waals surface area (Å²) in [6, 6.07) is 3.07. The van der Waals surface area contributed by atoms with E-state index in [0.717, 1.165) is 6.08 Å². The average Bonchev–Trinajstić information content (AvgIpc) is 2.69. The first-order chi connectivity index (χ1) is 14.8. The molecular weight excluding hydrogens is 507 g/mol. The number of esters is 1. The van der Waals surface area contributed by atoms with Gasteiger partial charge in [-0.15, -0.1) is 0 Å². The number of aryl methyl sites for hydroxylation is 1. The lowest BCUT2D eigenvalue weighted by Crippen LogP contribution is -2.41. The van der Waals surface area contributed by atoms with Crippen molar-refractivity contribution in [2.75, 3.05) is 20.0 Å². The minimum atomic E-state index is -4.89. The van der Waals surface area contributed by atoms with Gasteiger partial charge in [-0.25, -0.2) is 9.59 Å². The summed E-state index contributed by atoms with van der Waals surface area (Å²) < 4.78 is 60.2. The van der Waals surface area contributed by atoms with Gasteiger partial charge in [0.15, 0.2) is 0 Å². The molecule has 1 aromatic rings. The van der Waals surface area contributed by atoms with E-state index in [9.17, 15) is 22.8 Å². The van der Waals surface area contributed by atoms with Crippen LogP contribution in [0.25, 0.3) is 6.08 Å². The minimum absolute atomic E-state index is 0.00473. The molecule has 1 heterocycles. The number of nitrogens with one attached hydrogen (secondary N) is 1. The fourth-order valence-electron chi connectivity index (χ4n) is 2.64. The Kier molecular flexibility index (Phi) is 8.51. The second kappa shape index (κ2) is 10.5. The van der Waals surface area contributed by atoms with Gasteiger partial charge in [-0.2, -0.15) is 13.2 Å². The highest BCUT2D eigenvalue weighted by atomic mass is 79.9. The number of carbonyl (C=O) groups is 2. The van der Waals surface area contributed by atoms with Gasteiger partial charge in [0.1, 0.15) is 12.4 Å². The molecule has 9 nitrogen and oxygen atoms in total. The topological polar surface area (TPSA) is 113 Å². The van der Waals surface area contributed by atoms with Gasteiger partial charge in [-0.3, -0.25) is 10.0 Å². The van der Waals surface area contributed by atoms with E-state index in [1.54, 1.807) is 26.8 Å². The largest absolute Gasteiger partial charge is 0.511 e. The van der Waals surface area contributed by atoms with E-state index in [1.165, 1.54) is 11.7 Å². The minimum Gasteiger partial charge on any atom is -0.475 e. The number of fused-ring (bicyclic) bond motifs is 1. The van der Waals surface area contributed by atoms with Crippen LogP contribution in [0.4, 0.5) is 18.0 Å².